The lowest BCUT2D eigenvalue weighted by atomic mass is 10.1. The van der Waals surface area contributed by atoms with E-state index in [2.05, 4.69) is 17.1 Å². The van der Waals surface area contributed by atoms with Gasteiger partial charge in [-0.3, -0.25) is 9.59 Å². The van der Waals surface area contributed by atoms with E-state index in [1.165, 1.54) is 12.1 Å². The Labute approximate surface area is 173 Å². The van der Waals surface area contributed by atoms with Crippen LogP contribution in [0.1, 0.15) is 49.9 Å². The fraction of sp³-hybridized carbons (Fsp3) is 0.417. The molecule has 154 valence electrons. The maximum absolute atomic E-state index is 12.3. The van der Waals surface area contributed by atoms with Crippen LogP contribution < -0.4 is 15.0 Å². The van der Waals surface area contributed by atoms with E-state index < -0.39 is 0 Å². The van der Waals surface area contributed by atoms with E-state index >= 15 is 0 Å². The second-order valence-corrected chi connectivity index (χ2v) is 7.73. The highest BCUT2D eigenvalue weighted by molar-refractivity contribution is 6.00. The summed E-state index contributed by atoms with van der Waals surface area (Å²) < 4.78 is 5.52. The monoisotopic (exact) mass is 394 g/mol. The lowest BCUT2D eigenvalue weighted by Crippen LogP contribution is -2.19. The van der Waals surface area contributed by atoms with Crippen molar-refractivity contribution in [1.82, 2.24) is 0 Å². The number of ether oxygens (including phenoxy) is 1. The summed E-state index contributed by atoms with van der Waals surface area (Å²) in [5, 5.41) is 2.88. The molecule has 0 saturated carbocycles. The number of ketones is 1. The van der Waals surface area contributed by atoms with Crippen LogP contribution in [0.4, 0.5) is 11.4 Å². The van der Waals surface area contributed by atoms with Gasteiger partial charge >= 0.3 is 0 Å². The summed E-state index contributed by atoms with van der Waals surface area (Å²) in [5.74, 6) is 1.30. The summed E-state index contributed by atoms with van der Waals surface area (Å²) >= 11 is 0. The zero-order chi connectivity index (χ0) is 20.6. The Morgan fingerprint density at radius 2 is 1.79 bits per heavy atom. The highest BCUT2D eigenvalue weighted by Gasteiger charge is 2.18. The topological polar surface area (TPSA) is 58.6 Å². The van der Waals surface area contributed by atoms with Gasteiger partial charge in [-0.15, -0.1) is 0 Å². The third kappa shape index (κ3) is 6.08. The van der Waals surface area contributed by atoms with Crippen molar-refractivity contribution < 1.29 is 14.3 Å². The van der Waals surface area contributed by atoms with Gasteiger partial charge in [-0.1, -0.05) is 13.8 Å². The molecule has 1 aliphatic rings. The van der Waals surface area contributed by atoms with Crippen LogP contribution in [0.3, 0.4) is 0 Å². The molecule has 2 aromatic rings. The van der Waals surface area contributed by atoms with Crippen LogP contribution in [-0.4, -0.2) is 31.4 Å². The molecule has 29 heavy (non-hydrogen) atoms. The van der Waals surface area contributed by atoms with E-state index in [1.54, 1.807) is 24.3 Å². The van der Waals surface area contributed by atoms with Gasteiger partial charge in [0, 0.05) is 42.9 Å². The molecule has 1 atom stereocenters. The zero-order valence-electron chi connectivity index (χ0n) is 17.3. The number of anilines is 2. The minimum absolute atomic E-state index is 0.0410. The molecule has 1 fully saturated rings. The highest BCUT2D eigenvalue weighted by Crippen LogP contribution is 2.25. The van der Waals surface area contributed by atoms with Gasteiger partial charge in [0.2, 0.25) is 5.91 Å². The van der Waals surface area contributed by atoms with Crippen molar-refractivity contribution >= 4 is 23.1 Å². The maximum Gasteiger partial charge on any atom is 0.224 e. The van der Waals surface area contributed by atoms with Gasteiger partial charge in [0.1, 0.15) is 5.75 Å². The van der Waals surface area contributed by atoms with Crippen molar-refractivity contribution in [3.8, 4) is 5.75 Å². The molecule has 1 aliphatic heterocycles. The second kappa shape index (κ2) is 10.1. The van der Waals surface area contributed by atoms with Crippen LogP contribution >= 0.6 is 0 Å². The average Bonchev–Trinajstić information content (AvgIpc) is 3.17. The molecule has 0 spiro atoms. The fourth-order valence-corrected chi connectivity index (χ4v) is 3.48. The van der Waals surface area contributed by atoms with Gasteiger partial charge < -0.3 is 15.0 Å². The molecule has 1 heterocycles. The van der Waals surface area contributed by atoms with Crippen molar-refractivity contribution in [3.05, 3.63) is 54.1 Å². The number of nitrogens with one attached hydrogen (secondary N) is 1. The maximum atomic E-state index is 12.3. The number of hydrogen-bond acceptors (Lipinski definition) is 4. The summed E-state index contributed by atoms with van der Waals surface area (Å²) in [6, 6.07) is 15.0. The number of hydrogen-bond donors (Lipinski definition) is 1. The van der Waals surface area contributed by atoms with E-state index in [0.717, 1.165) is 36.9 Å². The number of amides is 1. The molecule has 0 aromatic heterocycles. The Morgan fingerprint density at radius 1 is 1.07 bits per heavy atom. The first-order valence-electron chi connectivity index (χ1n) is 10.5. The predicted molar refractivity (Wildman–Crippen MR) is 117 cm³/mol. The third-order valence-electron chi connectivity index (χ3n) is 5.17. The van der Waals surface area contributed by atoms with Crippen LogP contribution in [0.2, 0.25) is 0 Å². The number of carbonyl (C=O) groups excluding carboxylic acids is 2. The molecule has 1 saturated heterocycles. The van der Waals surface area contributed by atoms with Gasteiger partial charge in [-0.2, -0.15) is 0 Å². The molecule has 5 heteroatoms. The fourth-order valence-electron chi connectivity index (χ4n) is 3.48. The van der Waals surface area contributed by atoms with Crippen molar-refractivity contribution in [2.45, 2.75) is 39.5 Å². The molecule has 5 nitrogen and oxygen atoms in total. The smallest absolute Gasteiger partial charge is 0.224 e. The summed E-state index contributed by atoms with van der Waals surface area (Å²) in [5.41, 5.74) is 2.55. The van der Waals surface area contributed by atoms with Crippen LogP contribution in [-0.2, 0) is 4.79 Å². The minimum atomic E-state index is -0.149. The lowest BCUT2D eigenvalue weighted by molar-refractivity contribution is -0.116. The number of nitrogens with zero attached hydrogens (tertiary/aromatic N) is 1. The molecular formula is C24H30N2O3. The molecule has 0 bridgehead atoms. The van der Waals surface area contributed by atoms with E-state index in [0.29, 0.717) is 12.2 Å². The number of carbonyl (C=O) groups is 2. The molecule has 0 aliphatic carbocycles. The average molecular weight is 395 g/mol. The van der Waals surface area contributed by atoms with Gasteiger partial charge in [-0.05, 0) is 67.3 Å². The van der Waals surface area contributed by atoms with E-state index in [4.69, 9.17) is 4.74 Å². The van der Waals surface area contributed by atoms with E-state index in [-0.39, 0.29) is 24.5 Å². The van der Waals surface area contributed by atoms with Crippen LogP contribution in [0.25, 0.3) is 0 Å². The van der Waals surface area contributed by atoms with Gasteiger partial charge in [0.05, 0.1) is 6.61 Å². The Kier molecular flexibility index (Phi) is 7.28. The molecule has 1 unspecified atom stereocenters. The van der Waals surface area contributed by atoms with Crippen molar-refractivity contribution in [3.63, 3.8) is 0 Å². The molecule has 1 amide bonds. The quantitative estimate of drug-likeness (QED) is 0.613. The van der Waals surface area contributed by atoms with Crippen molar-refractivity contribution in [2.24, 2.45) is 5.92 Å². The first-order valence-corrected chi connectivity index (χ1v) is 10.5. The van der Waals surface area contributed by atoms with Crippen LogP contribution in [0, 0.1) is 5.92 Å². The third-order valence-corrected chi connectivity index (χ3v) is 5.17. The first kappa shape index (κ1) is 20.9. The number of benzene rings is 2. The summed E-state index contributed by atoms with van der Waals surface area (Å²) in [6.07, 6.45) is 2.51. The van der Waals surface area contributed by atoms with Gasteiger partial charge in [-0.25, -0.2) is 0 Å². The summed E-state index contributed by atoms with van der Waals surface area (Å²) in [7, 11) is 0. The first-order chi connectivity index (χ1) is 14.0. The van der Waals surface area contributed by atoms with Crippen LogP contribution in [0.5, 0.6) is 5.75 Å². The van der Waals surface area contributed by atoms with Crippen molar-refractivity contribution in [2.75, 3.05) is 29.9 Å². The molecule has 1 N–H and O–H groups in total. The van der Waals surface area contributed by atoms with E-state index in [9.17, 15) is 9.59 Å². The van der Waals surface area contributed by atoms with E-state index in [1.807, 2.05) is 31.2 Å². The van der Waals surface area contributed by atoms with Gasteiger partial charge in [0.25, 0.3) is 0 Å². The highest BCUT2D eigenvalue weighted by atomic mass is 16.5. The van der Waals surface area contributed by atoms with Gasteiger partial charge in [0.15, 0.2) is 5.78 Å². The SMILES string of the molecule is CCCOc1ccc(C(=O)CCC(=O)Nc2ccc(N3CCC(C)C3)cc2)cc1. The van der Waals surface area contributed by atoms with Crippen LogP contribution in [0.15, 0.2) is 48.5 Å². The summed E-state index contributed by atoms with van der Waals surface area (Å²) in [6.45, 7) is 7.14. The standard InChI is InChI=1S/C24H30N2O3/c1-3-16-29-22-10-4-19(5-11-22)23(27)12-13-24(28)25-20-6-8-21(9-7-20)26-15-14-18(2)17-26/h4-11,18H,3,12-17H2,1-2H3,(H,25,28). The molecule has 2 aromatic carbocycles. The normalized spacial score (nSPS) is 15.9. The summed E-state index contributed by atoms with van der Waals surface area (Å²) in [4.78, 5) is 26.9. The molecule has 0 radical (unpaired) electrons. The largest absolute Gasteiger partial charge is 0.494 e. The Bertz CT molecular complexity index is 815. The molecular weight excluding hydrogens is 364 g/mol. The number of Topliss-reactive ketones (excluding diaryl/α,β-unsaturated/α-hetero) is 1. The Morgan fingerprint density at radius 3 is 2.41 bits per heavy atom. The minimum Gasteiger partial charge on any atom is -0.494 e. The Hall–Kier alpha value is -2.82. The Balaban J connectivity index is 1.45. The predicted octanol–water partition coefficient (Wildman–Crippen LogP) is 4.92. The second-order valence-electron chi connectivity index (χ2n) is 7.73. The lowest BCUT2D eigenvalue weighted by Gasteiger charge is -2.18. The van der Waals surface area contributed by atoms with Crippen molar-refractivity contribution in [1.29, 1.82) is 0 Å². The molecule has 3 rings (SSSR count). The zero-order valence-corrected chi connectivity index (χ0v) is 17.3. The number of rotatable bonds is 9.